The van der Waals surface area contributed by atoms with Gasteiger partial charge in [-0.15, -0.1) is 45.2 Å². The van der Waals surface area contributed by atoms with Gasteiger partial charge in [0.05, 0.1) is 13.1 Å². The normalized spacial score (nSPS) is 16.6. The zero-order valence-electron chi connectivity index (χ0n) is 38.2. The average molecular weight is 948 g/mol. The van der Waals surface area contributed by atoms with Crippen LogP contribution < -0.4 is 0 Å². The fourth-order valence-electron chi connectivity index (χ4n) is 9.75. The van der Waals surface area contributed by atoms with Crippen LogP contribution in [-0.4, -0.2) is 91.1 Å². The van der Waals surface area contributed by atoms with Crippen molar-refractivity contribution in [1.82, 2.24) is 51.0 Å². The molecule has 0 radical (unpaired) electrons. The average Bonchev–Trinajstić information content (AvgIpc) is 4.22. The summed E-state index contributed by atoms with van der Waals surface area (Å²) in [6.07, 6.45) is 14.0. The number of hydrogen-bond acceptors (Lipinski definition) is 10. The van der Waals surface area contributed by atoms with E-state index < -0.39 is 11.1 Å². The van der Waals surface area contributed by atoms with Gasteiger partial charge >= 0.3 is 0 Å². The van der Waals surface area contributed by atoms with Crippen LogP contribution in [0.2, 0.25) is 0 Å². The summed E-state index contributed by atoms with van der Waals surface area (Å²) in [7, 11) is 0. The predicted octanol–water partition coefficient (Wildman–Crippen LogP) is 9.57. The van der Waals surface area contributed by atoms with E-state index in [1.165, 1.54) is 0 Å². The van der Waals surface area contributed by atoms with E-state index in [9.17, 15) is 9.59 Å². The molecule has 2 fully saturated rings. The number of aromatic amines is 2. The molecular formula is C50H60Cl2N12O3. The molecule has 0 saturated heterocycles. The number of halogens is 2. The molecule has 2 aliphatic heterocycles. The third kappa shape index (κ3) is 10.5. The molecule has 4 N–H and O–H groups in total. The molecule has 67 heavy (non-hydrogen) atoms. The van der Waals surface area contributed by atoms with Crippen LogP contribution in [-0.2, 0) is 22.7 Å². The SMILES string of the molecule is CCCCC1=NC2(CCCC2)C(=O)N1Cc1ccc(-c2ccccc2-c2nn[nH]n2)cc1.CCCCC1=NC2(CCCC2)C(=O)N1Cc1ccc(-c2ccccc2-c2nn[nH]n2)cc1.Cl.Cl.O. The lowest BCUT2D eigenvalue weighted by atomic mass is 9.97. The van der Waals surface area contributed by atoms with Crippen LogP contribution >= 0.6 is 24.8 Å². The second-order valence-corrected chi connectivity index (χ2v) is 17.5. The van der Waals surface area contributed by atoms with Crippen LogP contribution in [0.5, 0.6) is 0 Å². The third-order valence-electron chi connectivity index (χ3n) is 13.2. The van der Waals surface area contributed by atoms with Crippen molar-refractivity contribution in [1.29, 1.82) is 0 Å². The first-order valence-electron chi connectivity index (χ1n) is 23.1. The maximum absolute atomic E-state index is 13.4. The van der Waals surface area contributed by atoms with E-state index in [1.54, 1.807) is 0 Å². The van der Waals surface area contributed by atoms with Crippen LogP contribution in [0, 0.1) is 0 Å². The molecule has 4 aliphatic rings. The van der Waals surface area contributed by atoms with E-state index in [4.69, 9.17) is 9.98 Å². The predicted molar refractivity (Wildman–Crippen MR) is 266 cm³/mol. The Morgan fingerprint density at radius 1 is 0.522 bits per heavy atom. The van der Waals surface area contributed by atoms with E-state index in [0.717, 1.165) is 146 Å². The Morgan fingerprint density at radius 3 is 1.21 bits per heavy atom. The molecule has 4 heterocycles. The van der Waals surface area contributed by atoms with E-state index in [-0.39, 0.29) is 42.1 Å². The lowest BCUT2D eigenvalue weighted by Gasteiger charge is -2.23. The summed E-state index contributed by atoms with van der Waals surface area (Å²) in [6, 6.07) is 32.9. The first kappa shape index (κ1) is 50.3. The quantitative estimate of drug-likeness (QED) is 0.107. The van der Waals surface area contributed by atoms with Gasteiger partial charge in [0.1, 0.15) is 22.7 Å². The molecule has 10 rings (SSSR count). The molecule has 6 aromatic rings. The molecule has 352 valence electrons. The summed E-state index contributed by atoms with van der Waals surface area (Å²) in [5.41, 5.74) is 7.38. The van der Waals surface area contributed by atoms with Gasteiger partial charge in [0.2, 0.25) is 11.6 Å². The third-order valence-corrected chi connectivity index (χ3v) is 13.2. The lowest BCUT2D eigenvalue weighted by molar-refractivity contribution is -0.132. The van der Waals surface area contributed by atoms with Crippen molar-refractivity contribution in [3.63, 3.8) is 0 Å². The fraction of sp³-hybridized carbons (Fsp3) is 0.400. The van der Waals surface area contributed by atoms with Crippen molar-refractivity contribution >= 4 is 48.3 Å². The van der Waals surface area contributed by atoms with Gasteiger partial charge in [0.15, 0.2) is 0 Å². The van der Waals surface area contributed by atoms with E-state index in [0.29, 0.717) is 24.7 Å². The van der Waals surface area contributed by atoms with Gasteiger partial charge in [0, 0.05) is 24.0 Å². The van der Waals surface area contributed by atoms with Gasteiger partial charge in [-0.05, 0) is 82.3 Å². The molecule has 2 aromatic heterocycles. The zero-order chi connectivity index (χ0) is 43.9. The van der Waals surface area contributed by atoms with Crippen LogP contribution in [0.25, 0.3) is 45.0 Å². The van der Waals surface area contributed by atoms with Crippen molar-refractivity contribution in [2.75, 3.05) is 0 Å². The van der Waals surface area contributed by atoms with E-state index in [1.807, 2.05) is 46.2 Å². The highest BCUT2D eigenvalue weighted by Crippen LogP contribution is 2.42. The van der Waals surface area contributed by atoms with Crippen molar-refractivity contribution in [2.45, 2.75) is 128 Å². The van der Waals surface area contributed by atoms with Crippen molar-refractivity contribution < 1.29 is 15.1 Å². The summed E-state index contributed by atoms with van der Waals surface area (Å²) in [4.78, 5) is 40.6. The van der Waals surface area contributed by atoms with Crippen molar-refractivity contribution in [3.05, 3.63) is 108 Å². The van der Waals surface area contributed by atoms with Gasteiger partial charge in [0.25, 0.3) is 11.8 Å². The number of unbranched alkanes of at least 4 members (excludes halogenated alkanes) is 2. The second kappa shape index (κ2) is 22.6. The molecule has 4 aromatic carbocycles. The molecule has 0 unspecified atom stereocenters. The number of amidine groups is 2. The summed E-state index contributed by atoms with van der Waals surface area (Å²) in [5, 5.41) is 28.9. The minimum absolute atomic E-state index is 0. The maximum Gasteiger partial charge on any atom is 0.256 e. The number of aliphatic imine (C=N–C) groups is 2. The molecule has 2 aliphatic carbocycles. The molecular weight excluding hydrogens is 888 g/mol. The number of rotatable bonds is 14. The summed E-state index contributed by atoms with van der Waals surface area (Å²) in [6.45, 7) is 5.52. The van der Waals surface area contributed by atoms with Crippen LogP contribution in [0.3, 0.4) is 0 Å². The van der Waals surface area contributed by atoms with Crippen molar-refractivity contribution in [2.24, 2.45) is 9.98 Å². The molecule has 0 atom stereocenters. The number of benzene rings is 4. The Balaban J connectivity index is 0.000000212. The summed E-state index contributed by atoms with van der Waals surface area (Å²) >= 11 is 0. The molecule has 2 spiro atoms. The highest BCUT2D eigenvalue weighted by Gasteiger charge is 2.50. The van der Waals surface area contributed by atoms with E-state index in [2.05, 4.69) is 116 Å². The van der Waals surface area contributed by atoms with Gasteiger partial charge < -0.3 is 5.48 Å². The Hall–Kier alpha value is -6.16. The number of tetrazole rings is 2. The Morgan fingerprint density at radius 2 is 0.881 bits per heavy atom. The molecule has 15 nitrogen and oxygen atoms in total. The fourth-order valence-corrected chi connectivity index (χ4v) is 9.75. The van der Waals surface area contributed by atoms with Gasteiger partial charge in [-0.1, -0.05) is 149 Å². The molecule has 2 amide bonds. The van der Waals surface area contributed by atoms with Gasteiger partial charge in [-0.2, -0.15) is 10.4 Å². The van der Waals surface area contributed by atoms with Gasteiger partial charge in [-0.3, -0.25) is 29.4 Å². The highest BCUT2D eigenvalue weighted by atomic mass is 35.5. The number of H-pyrrole nitrogens is 2. The van der Waals surface area contributed by atoms with Crippen LogP contribution in [0.1, 0.15) is 115 Å². The lowest BCUT2D eigenvalue weighted by Crippen LogP contribution is -2.40. The number of hydrogen-bond donors (Lipinski definition) is 2. The Labute approximate surface area is 403 Å². The largest absolute Gasteiger partial charge is 0.412 e. The molecule has 2 saturated carbocycles. The first-order chi connectivity index (χ1) is 31.4. The minimum atomic E-state index is -0.480. The number of carbonyl (C=O) groups excluding carboxylic acids is 2. The first-order valence-corrected chi connectivity index (χ1v) is 23.1. The monoisotopic (exact) mass is 946 g/mol. The van der Waals surface area contributed by atoms with Crippen LogP contribution in [0.15, 0.2) is 107 Å². The number of aromatic nitrogens is 8. The minimum Gasteiger partial charge on any atom is -0.412 e. The van der Waals surface area contributed by atoms with Gasteiger partial charge in [-0.25, -0.2) is 0 Å². The number of nitrogens with zero attached hydrogens (tertiary/aromatic N) is 10. The Bertz CT molecular complexity index is 2430. The standard InChI is InChI=1S/2C25H28N6O.2ClH.H2O/c2*1-2-3-10-22-26-25(15-6-7-16-25)24(32)31(22)17-18-11-13-19(14-12-18)20-8-4-5-9-21(20)23-27-29-30-28-23;;;/h2*4-5,8-9,11-14H,2-3,6-7,10,15-17H2,1H3,(H,27,28,29,30);2*1H;1H2. The van der Waals surface area contributed by atoms with E-state index >= 15 is 0 Å². The smallest absolute Gasteiger partial charge is 0.256 e. The zero-order valence-corrected chi connectivity index (χ0v) is 39.8. The molecule has 17 heteroatoms. The summed E-state index contributed by atoms with van der Waals surface area (Å²) < 4.78 is 0. The van der Waals surface area contributed by atoms with Crippen LogP contribution in [0.4, 0.5) is 0 Å². The number of nitrogens with one attached hydrogen (secondary N) is 2. The molecule has 0 bridgehead atoms. The topological polar surface area (TPSA) is 206 Å². The number of carbonyl (C=O) groups is 2. The number of amides is 2. The highest BCUT2D eigenvalue weighted by molar-refractivity contribution is 6.09. The second-order valence-electron chi connectivity index (χ2n) is 17.5. The summed E-state index contributed by atoms with van der Waals surface area (Å²) in [5.74, 6) is 3.51. The Kier molecular flexibility index (Phi) is 16.9. The maximum atomic E-state index is 13.4. The van der Waals surface area contributed by atoms with Crippen molar-refractivity contribution in [3.8, 4) is 45.0 Å².